The topological polar surface area (TPSA) is 37.3 Å². The number of benzene rings is 1. The fraction of sp³-hybridized carbons (Fsp3) is 0.188. The summed E-state index contributed by atoms with van der Waals surface area (Å²) >= 11 is 1.56. The Kier molecular flexibility index (Phi) is 3.86. The fourth-order valence-corrected chi connectivity index (χ4v) is 2.80. The summed E-state index contributed by atoms with van der Waals surface area (Å²) in [6.07, 6.45) is 1.77. The molecule has 2 nitrogen and oxygen atoms in total. The molecule has 2 rings (SSSR count). The number of hydrogen-bond donors (Lipinski definition) is 1. The van der Waals surface area contributed by atoms with E-state index in [2.05, 4.69) is 0 Å². The molecule has 2 aromatic rings. The molecular formula is C16H16O2S. The number of carboxylic acids is 1. The lowest BCUT2D eigenvalue weighted by Gasteiger charge is -2.08. The van der Waals surface area contributed by atoms with Crippen molar-refractivity contribution in [3.05, 3.63) is 56.8 Å². The highest BCUT2D eigenvalue weighted by Gasteiger charge is 2.14. The predicted molar refractivity (Wildman–Crippen MR) is 80.5 cm³/mol. The van der Waals surface area contributed by atoms with Crippen LogP contribution in [0.2, 0.25) is 0 Å². The summed E-state index contributed by atoms with van der Waals surface area (Å²) in [6.45, 7) is 5.90. The van der Waals surface area contributed by atoms with Crippen molar-refractivity contribution < 1.29 is 9.90 Å². The maximum absolute atomic E-state index is 11.5. The zero-order valence-electron chi connectivity index (χ0n) is 11.2. The lowest BCUT2D eigenvalue weighted by molar-refractivity contribution is -0.130. The molecule has 0 bridgehead atoms. The van der Waals surface area contributed by atoms with Crippen LogP contribution >= 0.6 is 11.3 Å². The highest BCUT2D eigenvalue weighted by molar-refractivity contribution is 7.11. The van der Waals surface area contributed by atoms with E-state index in [9.17, 15) is 9.90 Å². The third-order valence-electron chi connectivity index (χ3n) is 3.09. The molecule has 0 atom stereocenters. The Morgan fingerprint density at radius 2 is 1.89 bits per heavy atom. The average Bonchev–Trinajstić information content (AvgIpc) is 2.75. The SMILES string of the molecule is Cc1ccc(C)c(/C(=C/c2sccc2C)C(=O)O)c1. The quantitative estimate of drug-likeness (QED) is 0.846. The van der Waals surface area contributed by atoms with Gasteiger partial charge in [-0.15, -0.1) is 11.3 Å². The van der Waals surface area contributed by atoms with Crippen LogP contribution in [0.5, 0.6) is 0 Å². The largest absolute Gasteiger partial charge is 0.478 e. The van der Waals surface area contributed by atoms with Gasteiger partial charge in [0.15, 0.2) is 0 Å². The van der Waals surface area contributed by atoms with E-state index in [1.165, 1.54) is 0 Å². The van der Waals surface area contributed by atoms with E-state index >= 15 is 0 Å². The number of thiophene rings is 1. The Labute approximate surface area is 117 Å². The van der Waals surface area contributed by atoms with Crippen LogP contribution < -0.4 is 0 Å². The minimum absolute atomic E-state index is 0.353. The molecule has 19 heavy (non-hydrogen) atoms. The smallest absolute Gasteiger partial charge is 0.336 e. The molecule has 0 radical (unpaired) electrons. The predicted octanol–water partition coefficient (Wildman–Crippen LogP) is 4.30. The molecular weight excluding hydrogens is 256 g/mol. The van der Waals surface area contributed by atoms with E-state index in [1.807, 2.05) is 50.4 Å². The van der Waals surface area contributed by atoms with Gasteiger partial charge in [0.2, 0.25) is 0 Å². The number of aliphatic carboxylic acids is 1. The fourth-order valence-electron chi connectivity index (χ4n) is 1.94. The first-order valence-corrected chi connectivity index (χ1v) is 6.93. The van der Waals surface area contributed by atoms with Crippen LogP contribution in [-0.4, -0.2) is 11.1 Å². The van der Waals surface area contributed by atoms with Gasteiger partial charge in [-0.05, 0) is 55.0 Å². The van der Waals surface area contributed by atoms with Gasteiger partial charge < -0.3 is 5.11 Å². The van der Waals surface area contributed by atoms with E-state index in [0.29, 0.717) is 5.57 Å². The van der Waals surface area contributed by atoms with Gasteiger partial charge in [-0.25, -0.2) is 4.79 Å². The van der Waals surface area contributed by atoms with Gasteiger partial charge in [0, 0.05) is 4.88 Å². The van der Waals surface area contributed by atoms with E-state index in [-0.39, 0.29) is 0 Å². The van der Waals surface area contributed by atoms with Crippen molar-refractivity contribution in [3.8, 4) is 0 Å². The molecule has 1 heterocycles. The summed E-state index contributed by atoms with van der Waals surface area (Å²) in [4.78, 5) is 12.5. The minimum Gasteiger partial charge on any atom is -0.478 e. The van der Waals surface area contributed by atoms with Crippen molar-refractivity contribution >= 4 is 29.0 Å². The summed E-state index contributed by atoms with van der Waals surface area (Å²) in [7, 11) is 0. The Morgan fingerprint density at radius 1 is 1.16 bits per heavy atom. The average molecular weight is 272 g/mol. The van der Waals surface area contributed by atoms with Crippen LogP contribution in [-0.2, 0) is 4.79 Å². The number of aryl methyl sites for hydroxylation is 3. The number of hydrogen-bond acceptors (Lipinski definition) is 2. The first kappa shape index (κ1) is 13.6. The molecule has 0 aliphatic heterocycles. The van der Waals surface area contributed by atoms with Gasteiger partial charge in [0.1, 0.15) is 0 Å². The molecule has 0 unspecified atom stereocenters. The second-order valence-corrected chi connectivity index (χ2v) is 5.60. The molecule has 1 aromatic heterocycles. The lowest BCUT2D eigenvalue weighted by atomic mass is 9.97. The van der Waals surface area contributed by atoms with Crippen LogP contribution in [0.1, 0.15) is 27.1 Å². The highest BCUT2D eigenvalue weighted by Crippen LogP contribution is 2.26. The Hall–Kier alpha value is -1.87. The molecule has 0 spiro atoms. The standard InChI is InChI=1S/C16H16O2S/c1-10-4-5-11(2)13(8-10)14(16(17)18)9-15-12(3)6-7-19-15/h4-9H,1-3H3,(H,17,18)/b14-9-. The molecule has 1 N–H and O–H groups in total. The van der Waals surface area contributed by atoms with Crippen LogP contribution in [0.4, 0.5) is 0 Å². The Morgan fingerprint density at radius 3 is 2.47 bits per heavy atom. The lowest BCUT2D eigenvalue weighted by Crippen LogP contribution is -2.02. The second-order valence-electron chi connectivity index (χ2n) is 4.65. The van der Waals surface area contributed by atoms with Crippen molar-refractivity contribution in [2.75, 3.05) is 0 Å². The van der Waals surface area contributed by atoms with Gasteiger partial charge in [-0.1, -0.05) is 23.8 Å². The van der Waals surface area contributed by atoms with Gasteiger partial charge in [-0.2, -0.15) is 0 Å². The third kappa shape index (κ3) is 2.93. The van der Waals surface area contributed by atoms with Gasteiger partial charge >= 0.3 is 5.97 Å². The zero-order valence-corrected chi connectivity index (χ0v) is 12.0. The van der Waals surface area contributed by atoms with Gasteiger partial charge in [-0.3, -0.25) is 0 Å². The number of carbonyl (C=O) groups is 1. The van der Waals surface area contributed by atoms with E-state index in [1.54, 1.807) is 17.4 Å². The van der Waals surface area contributed by atoms with Gasteiger partial charge in [0.25, 0.3) is 0 Å². The second kappa shape index (κ2) is 5.41. The van der Waals surface area contributed by atoms with Crippen molar-refractivity contribution in [1.82, 2.24) is 0 Å². The van der Waals surface area contributed by atoms with Crippen LogP contribution in [0.15, 0.2) is 29.6 Å². The molecule has 1 aromatic carbocycles. The van der Waals surface area contributed by atoms with Crippen molar-refractivity contribution in [1.29, 1.82) is 0 Å². The number of rotatable bonds is 3. The first-order chi connectivity index (χ1) is 8.99. The van der Waals surface area contributed by atoms with Crippen LogP contribution in [0.25, 0.3) is 11.6 Å². The molecule has 0 saturated heterocycles. The maximum Gasteiger partial charge on any atom is 0.336 e. The van der Waals surface area contributed by atoms with Crippen molar-refractivity contribution in [2.24, 2.45) is 0 Å². The zero-order chi connectivity index (χ0) is 14.0. The van der Waals surface area contributed by atoms with E-state index in [0.717, 1.165) is 27.1 Å². The summed E-state index contributed by atoms with van der Waals surface area (Å²) in [5.74, 6) is -0.888. The molecule has 0 aliphatic rings. The van der Waals surface area contributed by atoms with Gasteiger partial charge in [0.05, 0.1) is 5.57 Å². The van der Waals surface area contributed by atoms with Crippen LogP contribution in [0, 0.1) is 20.8 Å². The molecule has 0 saturated carbocycles. The molecule has 0 fully saturated rings. The molecule has 98 valence electrons. The summed E-state index contributed by atoms with van der Waals surface area (Å²) in [5.41, 5.74) is 4.30. The van der Waals surface area contributed by atoms with Crippen molar-refractivity contribution in [3.63, 3.8) is 0 Å². The first-order valence-electron chi connectivity index (χ1n) is 6.05. The highest BCUT2D eigenvalue weighted by atomic mass is 32.1. The summed E-state index contributed by atoms with van der Waals surface area (Å²) in [5, 5.41) is 11.4. The molecule has 3 heteroatoms. The minimum atomic E-state index is -0.888. The third-order valence-corrected chi connectivity index (χ3v) is 4.06. The van der Waals surface area contributed by atoms with Crippen LogP contribution in [0.3, 0.4) is 0 Å². The molecule has 0 aliphatic carbocycles. The normalized spacial score (nSPS) is 11.6. The van der Waals surface area contributed by atoms with Crippen molar-refractivity contribution in [2.45, 2.75) is 20.8 Å². The summed E-state index contributed by atoms with van der Waals surface area (Å²) in [6, 6.07) is 7.88. The monoisotopic (exact) mass is 272 g/mol. The summed E-state index contributed by atoms with van der Waals surface area (Å²) < 4.78 is 0. The maximum atomic E-state index is 11.5. The number of carboxylic acid groups (broad SMARTS) is 1. The van der Waals surface area contributed by atoms with E-state index in [4.69, 9.17) is 0 Å². The Balaban J connectivity index is 2.58. The molecule has 0 amide bonds. The Bertz CT molecular complexity index is 651. The van der Waals surface area contributed by atoms with E-state index < -0.39 is 5.97 Å².